The summed E-state index contributed by atoms with van der Waals surface area (Å²) in [6, 6.07) is 0. The fourth-order valence-corrected chi connectivity index (χ4v) is 2.24. The quantitative estimate of drug-likeness (QED) is 0.803. The minimum atomic E-state index is -0.0925. The summed E-state index contributed by atoms with van der Waals surface area (Å²) in [6.45, 7) is 1.79. The van der Waals surface area contributed by atoms with E-state index in [1.807, 2.05) is 0 Å². The van der Waals surface area contributed by atoms with E-state index < -0.39 is 0 Å². The van der Waals surface area contributed by atoms with Gasteiger partial charge in [0.2, 0.25) is 0 Å². The Hall–Kier alpha value is -1.66. The van der Waals surface area contributed by atoms with Gasteiger partial charge in [-0.25, -0.2) is 4.98 Å². The molecule has 0 aliphatic heterocycles. The molecule has 5 nitrogen and oxygen atoms in total. The molecule has 2 heterocycles. The number of hydrogen-bond donors (Lipinski definition) is 1. The van der Waals surface area contributed by atoms with Crippen LogP contribution in [0.15, 0.2) is 18.6 Å². The zero-order valence-corrected chi connectivity index (χ0v) is 9.49. The van der Waals surface area contributed by atoms with Crippen molar-refractivity contribution in [2.45, 2.75) is 6.92 Å². The summed E-state index contributed by atoms with van der Waals surface area (Å²) in [6.07, 6.45) is 4.81. The molecule has 2 aromatic rings. The van der Waals surface area contributed by atoms with Crippen LogP contribution in [0.3, 0.4) is 0 Å². The van der Waals surface area contributed by atoms with E-state index in [2.05, 4.69) is 15.0 Å². The fourth-order valence-electron chi connectivity index (χ4n) is 1.27. The van der Waals surface area contributed by atoms with Crippen LogP contribution in [0.25, 0.3) is 10.7 Å². The van der Waals surface area contributed by atoms with E-state index in [4.69, 9.17) is 5.73 Å². The number of rotatable bonds is 3. The van der Waals surface area contributed by atoms with E-state index in [0.29, 0.717) is 21.3 Å². The van der Waals surface area contributed by atoms with Gasteiger partial charge >= 0.3 is 0 Å². The Kier molecular flexibility index (Phi) is 3.02. The van der Waals surface area contributed by atoms with Gasteiger partial charge in [0, 0.05) is 12.4 Å². The van der Waals surface area contributed by atoms with Crippen LogP contribution >= 0.6 is 11.3 Å². The SMILES string of the molecule is Cc1nc(-c2cnccn2)sc1C(=O)CN. The summed E-state index contributed by atoms with van der Waals surface area (Å²) in [4.78, 5) is 24.5. The van der Waals surface area contributed by atoms with E-state index in [-0.39, 0.29) is 12.3 Å². The van der Waals surface area contributed by atoms with Gasteiger partial charge in [-0.1, -0.05) is 0 Å². The fraction of sp³-hybridized carbons (Fsp3) is 0.200. The molecule has 16 heavy (non-hydrogen) atoms. The number of ketones is 1. The van der Waals surface area contributed by atoms with Gasteiger partial charge in [-0.15, -0.1) is 11.3 Å². The van der Waals surface area contributed by atoms with E-state index >= 15 is 0 Å². The van der Waals surface area contributed by atoms with Crippen LogP contribution in [0.4, 0.5) is 0 Å². The maximum Gasteiger partial charge on any atom is 0.188 e. The van der Waals surface area contributed by atoms with Gasteiger partial charge < -0.3 is 5.73 Å². The van der Waals surface area contributed by atoms with Gasteiger partial charge in [0.25, 0.3) is 0 Å². The second kappa shape index (κ2) is 4.46. The number of nitrogens with two attached hydrogens (primary N) is 1. The van der Waals surface area contributed by atoms with Crippen molar-refractivity contribution >= 4 is 17.1 Å². The third-order valence-corrected chi connectivity index (χ3v) is 3.24. The van der Waals surface area contributed by atoms with Crippen molar-refractivity contribution in [1.29, 1.82) is 0 Å². The van der Waals surface area contributed by atoms with E-state index in [1.54, 1.807) is 25.5 Å². The monoisotopic (exact) mass is 234 g/mol. The third-order valence-electron chi connectivity index (χ3n) is 2.02. The number of hydrogen-bond acceptors (Lipinski definition) is 6. The van der Waals surface area contributed by atoms with Crippen molar-refractivity contribution in [1.82, 2.24) is 15.0 Å². The van der Waals surface area contributed by atoms with Crippen LogP contribution in [0.1, 0.15) is 15.4 Å². The van der Waals surface area contributed by atoms with Crippen molar-refractivity contribution in [3.05, 3.63) is 29.2 Å². The molecule has 0 saturated carbocycles. The zero-order valence-electron chi connectivity index (χ0n) is 8.67. The van der Waals surface area contributed by atoms with Gasteiger partial charge in [0.1, 0.15) is 10.7 Å². The highest BCUT2D eigenvalue weighted by Crippen LogP contribution is 2.25. The summed E-state index contributed by atoms with van der Waals surface area (Å²) in [5.41, 5.74) is 6.69. The summed E-state index contributed by atoms with van der Waals surface area (Å²) in [5, 5.41) is 0.697. The van der Waals surface area contributed by atoms with Gasteiger partial charge in [0.05, 0.1) is 23.3 Å². The second-order valence-corrected chi connectivity index (χ2v) is 4.15. The van der Waals surface area contributed by atoms with Crippen molar-refractivity contribution in [3.8, 4) is 10.7 Å². The van der Waals surface area contributed by atoms with Gasteiger partial charge in [-0.2, -0.15) is 0 Å². The number of aryl methyl sites for hydroxylation is 1. The molecule has 0 aliphatic rings. The molecule has 2 aromatic heterocycles. The maximum atomic E-state index is 11.5. The Balaban J connectivity index is 2.42. The summed E-state index contributed by atoms with van der Waals surface area (Å²) in [5.74, 6) is -0.0925. The average Bonchev–Trinajstić information content (AvgIpc) is 2.71. The van der Waals surface area contributed by atoms with Crippen LogP contribution in [-0.2, 0) is 0 Å². The molecule has 0 radical (unpaired) electrons. The molecule has 0 unspecified atom stereocenters. The molecule has 82 valence electrons. The number of nitrogens with zero attached hydrogens (tertiary/aromatic N) is 3. The topological polar surface area (TPSA) is 81.8 Å². The minimum Gasteiger partial charge on any atom is -0.324 e. The molecule has 0 aliphatic carbocycles. The molecule has 2 N–H and O–H groups in total. The molecule has 0 saturated heterocycles. The zero-order chi connectivity index (χ0) is 11.5. The first-order valence-corrected chi connectivity index (χ1v) is 5.51. The predicted octanol–water partition coefficient (Wildman–Crippen LogP) is 1.05. The number of thiazole rings is 1. The summed E-state index contributed by atoms with van der Waals surface area (Å²) < 4.78 is 0. The van der Waals surface area contributed by atoms with Gasteiger partial charge in [-0.3, -0.25) is 14.8 Å². The van der Waals surface area contributed by atoms with Gasteiger partial charge in [0.15, 0.2) is 5.78 Å². The molecule has 0 bridgehead atoms. The van der Waals surface area contributed by atoms with Crippen molar-refractivity contribution in [3.63, 3.8) is 0 Å². The molecule has 0 aromatic carbocycles. The normalized spacial score (nSPS) is 10.4. The lowest BCUT2D eigenvalue weighted by Gasteiger charge is -1.91. The smallest absolute Gasteiger partial charge is 0.188 e. The number of Topliss-reactive ketones (excluding diaryl/α,β-unsaturated/α-hetero) is 1. The standard InChI is InChI=1S/C10H10N4OS/c1-6-9(8(15)4-11)16-10(14-6)7-5-12-2-3-13-7/h2-3,5H,4,11H2,1H3. The molecular weight excluding hydrogens is 224 g/mol. The maximum absolute atomic E-state index is 11.5. The van der Waals surface area contributed by atoms with E-state index in [1.165, 1.54) is 11.3 Å². The average molecular weight is 234 g/mol. The summed E-state index contributed by atoms with van der Waals surface area (Å²) >= 11 is 1.30. The minimum absolute atomic E-state index is 0.00292. The number of aromatic nitrogens is 3. The number of carbonyl (C=O) groups is 1. The Labute approximate surface area is 96.4 Å². The Morgan fingerprint density at radius 2 is 2.31 bits per heavy atom. The van der Waals surface area contributed by atoms with Crippen LogP contribution in [-0.4, -0.2) is 27.3 Å². The second-order valence-electron chi connectivity index (χ2n) is 3.15. The molecular formula is C10H10N4OS. The molecule has 0 atom stereocenters. The predicted molar refractivity (Wildman–Crippen MR) is 61.3 cm³/mol. The lowest BCUT2D eigenvalue weighted by atomic mass is 10.3. The highest BCUT2D eigenvalue weighted by molar-refractivity contribution is 7.17. The molecule has 6 heteroatoms. The van der Waals surface area contributed by atoms with Crippen LogP contribution in [0.2, 0.25) is 0 Å². The first-order chi connectivity index (χ1) is 7.72. The Morgan fingerprint density at radius 3 is 2.94 bits per heavy atom. The van der Waals surface area contributed by atoms with Crippen molar-refractivity contribution in [2.75, 3.05) is 6.54 Å². The van der Waals surface area contributed by atoms with Gasteiger partial charge in [-0.05, 0) is 6.92 Å². The van der Waals surface area contributed by atoms with Crippen molar-refractivity contribution in [2.24, 2.45) is 5.73 Å². The highest BCUT2D eigenvalue weighted by atomic mass is 32.1. The first kappa shape index (κ1) is 10.8. The van der Waals surface area contributed by atoms with Crippen LogP contribution < -0.4 is 5.73 Å². The molecule has 0 spiro atoms. The van der Waals surface area contributed by atoms with E-state index in [9.17, 15) is 4.79 Å². The number of carbonyl (C=O) groups excluding carboxylic acids is 1. The van der Waals surface area contributed by atoms with Crippen molar-refractivity contribution < 1.29 is 4.79 Å². The lowest BCUT2D eigenvalue weighted by Crippen LogP contribution is -2.13. The molecule has 2 rings (SSSR count). The molecule has 0 amide bonds. The first-order valence-electron chi connectivity index (χ1n) is 4.69. The largest absolute Gasteiger partial charge is 0.324 e. The Bertz CT molecular complexity index is 509. The van der Waals surface area contributed by atoms with Crippen LogP contribution in [0, 0.1) is 6.92 Å². The molecule has 0 fully saturated rings. The third kappa shape index (κ3) is 1.98. The lowest BCUT2D eigenvalue weighted by molar-refractivity contribution is 0.100. The van der Waals surface area contributed by atoms with Crippen LogP contribution in [0.5, 0.6) is 0 Å². The van der Waals surface area contributed by atoms with E-state index in [0.717, 1.165) is 0 Å². The summed E-state index contributed by atoms with van der Waals surface area (Å²) in [7, 11) is 0. The highest BCUT2D eigenvalue weighted by Gasteiger charge is 2.15. The Morgan fingerprint density at radius 1 is 1.50 bits per heavy atom.